The van der Waals surface area contributed by atoms with Gasteiger partial charge in [-0.15, -0.1) is 0 Å². The first kappa shape index (κ1) is 42.6. The Bertz CT molecular complexity index is 1840. The fraction of sp³-hybridized carbons (Fsp3) is 0.520. The Morgan fingerprint density at radius 3 is 1.32 bits per heavy atom. The molecule has 308 valence electrons. The van der Waals surface area contributed by atoms with E-state index in [-0.39, 0.29) is 11.2 Å². The molecule has 0 bridgehead atoms. The highest BCUT2D eigenvalue weighted by atomic mass is 32.2. The molecule has 2 aliphatic rings. The largest absolute Gasteiger partial charge is 0.507 e. The van der Waals surface area contributed by atoms with Crippen molar-refractivity contribution in [1.29, 1.82) is 0 Å². The zero-order valence-electron chi connectivity index (χ0n) is 35.9. The number of aryl methyl sites for hydroxylation is 2. The molecule has 6 nitrogen and oxygen atoms in total. The summed E-state index contributed by atoms with van der Waals surface area (Å²) < 4.78 is 25.4. The summed E-state index contributed by atoms with van der Waals surface area (Å²) in [6.45, 7) is 17.9. The molecule has 0 saturated heterocycles. The van der Waals surface area contributed by atoms with E-state index in [1.54, 1.807) is 0 Å². The van der Waals surface area contributed by atoms with Crippen molar-refractivity contribution in [2.75, 3.05) is 24.7 Å². The third-order valence-electron chi connectivity index (χ3n) is 12.8. The molecule has 0 amide bonds. The lowest BCUT2D eigenvalue weighted by molar-refractivity contribution is 0.0510. The van der Waals surface area contributed by atoms with Crippen LogP contribution in [0.3, 0.4) is 0 Å². The number of thioether (sulfide) groups is 1. The number of hydrogen-bond acceptors (Lipinski definition) is 7. The second kappa shape index (κ2) is 18.7. The molecule has 0 fully saturated rings. The summed E-state index contributed by atoms with van der Waals surface area (Å²) in [4.78, 5) is 0. The van der Waals surface area contributed by atoms with Crippen molar-refractivity contribution in [1.82, 2.24) is 0 Å². The smallest absolute Gasteiger partial charge is 0.127 e. The van der Waals surface area contributed by atoms with Crippen molar-refractivity contribution < 1.29 is 29.2 Å². The molecule has 2 unspecified atom stereocenters. The van der Waals surface area contributed by atoms with E-state index >= 15 is 0 Å². The van der Waals surface area contributed by atoms with Crippen molar-refractivity contribution in [3.8, 4) is 34.5 Å². The number of benzene rings is 4. The molecule has 2 atom stereocenters. The molecule has 0 spiro atoms. The summed E-state index contributed by atoms with van der Waals surface area (Å²) in [5.41, 5.74) is 10.6. The molecular formula is C50H66O6S. The van der Waals surface area contributed by atoms with Gasteiger partial charge in [0, 0.05) is 11.1 Å². The molecule has 0 saturated carbocycles. The molecule has 4 aromatic rings. The number of fused-ring (bicyclic) bond motifs is 2. The SMILES string of the molecule is Cc1c(C)c2c(c(C)c1O)CCC(C)(CCCCOc1ccc(CCSCCc3ccc(OCCCCC4(C)CCc5c(C)c(O)c(C)c(C)c5O4)cc3)cc1)O2. The summed E-state index contributed by atoms with van der Waals surface area (Å²) in [6, 6.07) is 17.2. The Morgan fingerprint density at radius 2 is 0.930 bits per heavy atom. The maximum absolute atomic E-state index is 10.5. The first-order valence-electron chi connectivity index (χ1n) is 21.3. The molecule has 0 aliphatic carbocycles. The first-order chi connectivity index (χ1) is 27.3. The second-order valence-electron chi connectivity index (χ2n) is 17.2. The second-order valence-corrected chi connectivity index (χ2v) is 18.4. The van der Waals surface area contributed by atoms with Crippen LogP contribution < -0.4 is 18.9 Å². The molecule has 2 heterocycles. The number of phenols is 2. The number of aromatic hydroxyl groups is 2. The van der Waals surface area contributed by atoms with Gasteiger partial charge >= 0.3 is 0 Å². The average Bonchev–Trinajstić information content (AvgIpc) is 3.21. The number of unbranched alkanes of at least 4 members (excludes halogenated alkanes) is 2. The van der Waals surface area contributed by atoms with Crippen LogP contribution in [-0.2, 0) is 25.7 Å². The standard InChI is InChI=1S/C50H66O6S/c1-33-35(3)47-43(37(5)45(33)51)21-27-49(7,55-47)25-9-11-29-53-41-17-13-39(14-18-41)23-31-57-32-24-40-15-19-42(20-16-40)54-30-12-10-26-50(8)28-22-44-38(6)46(52)34(2)36(4)48(44)56-50/h13-20,51-52H,9-12,21-32H2,1-8H3. The number of hydrogen-bond donors (Lipinski definition) is 2. The van der Waals surface area contributed by atoms with E-state index in [2.05, 4.69) is 76.2 Å². The van der Waals surface area contributed by atoms with Gasteiger partial charge in [-0.2, -0.15) is 11.8 Å². The van der Waals surface area contributed by atoms with Crippen LogP contribution in [0, 0.1) is 41.5 Å². The van der Waals surface area contributed by atoms with Gasteiger partial charge in [0.05, 0.1) is 13.2 Å². The zero-order valence-corrected chi connectivity index (χ0v) is 36.7. The number of phenolic OH excluding ortho intramolecular Hbond substituents is 2. The third kappa shape index (κ3) is 10.4. The minimum absolute atomic E-state index is 0.181. The lowest BCUT2D eigenvalue weighted by Crippen LogP contribution is -2.37. The van der Waals surface area contributed by atoms with Gasteiger partial charge in [0.1, 0.15) is 45.7 Å². The third-order valence-corrected chi connectivity index (χ3v) is 13.8. The van der Waals surface area contributed by atoms with Gasteiger partial charge in [0.15, 0.2) is 0 Å². The lowest BCUT2D eigenvalue weighted by atomic mass is 9.85. The summed E-state index contributed by atoms with van der Waals surface area (Å²) >= 11 is 2.01. The van der Waals surface area contributed by atoms with Gasteiger partial charge in [0.25, 0.3) is 0 Å². The van der Waals surface area contributed by atoms with Gasteiger partial charge in [-0.25, -0.2) is 0 Å². The van der Waals surface area contributed by atoms with Crippen LogP contribution in [0.25, 0.3) is 0 Å². The fourth-order valence-electron chi connectivity index (χ4n) is 8.51. The minimum Gasteiger partial charge on any atom is -0.507 e. The van der Waals surface area contributed by atoms with Gasteiger partial charge < -0.3 is 29.2 Å². The molecule has 57 heavy (non-hydrogen) atoms. The van der Waals surface area contributed by atoms with Crippen LogP contribution in [0.5, 0.6) is 34.5 Å². The van der Waals surface area contributed by atoms with E-state index in [4.69, 9.17) is 18.9 Å². The van der Waals surface area contributed by atoms with Gasteiger partial charge in [-0.3, -0.25) is 0 Å². The Morgan fingerprint density at radius 1 is 0.544 bits per heavy atom. The summed E-state index contributed by atoms with van der Waals surface area (Å²) in [5.74, 6) is 6.88. The summed E-state index contributed by atoms with van der Waals surface area (Å²) in [6.07, 6.45) is 12.0. The zero-order chi connectivity index (χ0) is 40.7. The van der Waals surface area contributed by atoms with E-state index in [1.807, 2.05) is 39.5 Å². The quantitative estimate of drug-likeness (QED) is 0.0971. The predicted molar refractivity (Wildman–Crippen MR) is 236 cm³/mol. The molecule has 0 aromatic heterocycles. The maximum Gasteiger partial charge on any atom is 0.127 e. The molecule has 0 radical (unpaired) electrons. The van der Waals surface area contributed by atoms with Crippen molar-refractivity contribution in [2.45, 2.75) is 144 Å². The van der Waals surface area contributed by atoms with Crippen LogP contribution in [0.4, 0.5) is 0 Å². The lowest BCUT2D eigenvalue weighted by Gasteiger charge is -2.38. The highest BCUT2D eigenvalue weighted by molar-refractivity contribution is 7.99. The van der Waals surface area contributed by atoms with Crippen LogP contribution in [0.2, 0.25) is 0 Å². The Balaban J connectivity index is 0.806. The Hall–Kier alpha value is -3.97. The van der Waals surface area contributed by atoms with Crippen LogP contribution in [0.1, 0.15) is 121 Å². The monoisotopic (exact) mass is 794 g/mol. The average molecular weight is 795 g/mol. The Kier molecular flexibility index (Phi) is 14.0. The van der Waals surface area contributed by atoms with Crippen molar-refractivity contribution >= 4 is 11.8 Å². The summed E-state index contributed by atoms with van der Waals surface area (Å²) in [7, 11) is 0. The Labute approximate surface area is 346 Å². The fourth-order valence-corrected chi connectivity index (χ4v) is 9.47. The van der Waals surface area contributed by atoms with Gasteiger partial charge in [0.2, 0.25) is 0 Å². The molecule has 2 aliphatic heterocycles. The topological polar surface area (TPSA) is 77.4 Å². The van der Waals surface area contributed by atoms with Crippen molar-refractivity contribution in [3.05, 3.63) is 104 Å². The van der Waals surface area contributed by atoms with Crippen molar-refractivity contribution in [2.24, 2.45) is 0 Å². The predicted octanol–water partition coefficient (Wildman–Crippen LogP) is 12.1. The number of rotatable bonds is 18. The molecule has 2 N–H and O–H groups in total. The molecule has 6 rings (SSSR count). The molecule has 4 aromatic carbocycles. The minimum atomic E-state index is -0.181. The van der Waals surface area contributed by atoms with Crippen molar-refractivity contribution in [3.63, 3.8) is 0 Å². The normalized spacial score (nSPS) is 18.7. The van der Waals surface area contributed by atoms with Gasteiger partial charge in [-0.1, -0.05) is 24.3 Å². The highest BCUT2D eigenvalue weighted by Crippen LogP contribution is 2.46. The molecule has 7 heteroatoms. The first-order valence-corrected chi connectivity index (χ1v) is 22.5. The van der Waals surface area contributed by atoms with E-state index < -0.39 is 0 Å². The van der Waals surface area contributed by atoms with E-state index in [0.29, 0.717) is 24.7 Å². The van der Waals surface area contributed by atoms with Crippen LogP contribution >= 0.6 is 11.8 Å². The highest BCUT2D eigenvalue weighted by Gasteiger charge is 2.35. The summed E-state index contributed by atoms with van der Waals surface area (Å²) in [5, 5.41) is 21.0. The maximum atomic E-state index is 10.5. The number of ether oxygens (including phenoxy) is 4. The van der Waals surface area contributed by atoms with Crippen LogP contribution in [0.15, 0.2) is 48.5 Å². The van der Waals surface area contributed by atoms with E-state index in [1.165, 1.54) is 22.3 Å². The van der Waals surface area contributed by atoms with E-state index in [9.17, 15) is 10.2 Å². The van der Waals surface area contributed by atoms with E-state index in [0.717, 1.165) is 145 Å². The molecular weight excluding hydrogens is 729 g/mol. The van der Waals surface area contributed by atoms with Gasteiger partial charge in [-0.05, 0) is 213 Å². The van der Waals surface area contributed by atoms with Crippen LogP contribution in [-0.4, -0.2) is 46.1 Å².